The molecule has 6 nitrogen and oxygen atoms in total. The summed E-state index contributed by atoms with van der Waals surface area (Å²) >= 11 is 0. The molecule has 0 radical (unpaired) electrons. The highest BCUT2D eigenvalue weighted by Crippen LogP contribution is 2.26. The van der Waals surface area contributed by atoms with Crippen LogP contribution in [0.2, 0.25) is 0 Å². The summed E-state index contributed by atoms with van der Waals surface area (Å²) in [5, 5.41) is 0.546. The number of nitrogens with one attached hydrogen (secondary N) is 1. The van der Waals surface area contributed by atoms with Crippen molar-refractivity contribution in [3.05, 3.63) is 70.5 Å². The van der Waals surface area contributed by atoms with Gasteiger partial charge in [0.1, 0.15) is 11.9 Å². The van der Waals surface area contributed by atoms with Gasteiger partial charge >= 0.3 is 0 Å². The Kier molecular flexibility index (Phi) is 4.01. The van der Waals surface area contributed by atoms with E-state index in [4.69, 9.17) is 0 Å². The predicted octanol–water partition coefficient (Wildman–Crippen LogP) is 2.34. The zero-order chi connectivity index (χ0) is 17.2. The maximum absolute atomic E-state index is 12.8. The van der Waals surface area contributed by atoms with E-state index in [2.05, 4.69) is 15.0 Å². The maximum atomic E-state index is 12.8. The highest BCUT2D eigenvalue weighted by Gasteiger charge is 2.26. The zero-order valence-corrected chi connectivity index (χ0v) is 13.7. The van der Waals surface area contributed by atoms with E-state index in [1.165, 1.54) is 6.20 Å². The number of fused-ring (bicyclic) bond motifs is 1. The van der Waals surface area contributed by atoms with Crippen LogP contribution in [0.4, 0.5) is 0 Å². The van der Waals surface area contributed by atoms with E-state index < -0.39 is 0 Å². The number of piperidine rings is 1. The van der Waals surface area contributed by atoms with Crippen LogP contribution >= 0.6 is 0 Å². The number of para-hydroxylation sites is 1. The van der Waals surface area contributed by atoms with Gasteiger partial charge in [-0.2, -0.15) is 0 Å². The molecule has 126 valence electrons. The summed E-state index contributed by atoms with van der Waals surface area (Å²) in [6.45, 7) is 1.25. The first-order chi connectivity index (χ1) is 12.2. The van der Waals surface area contributed by atoms with Gasteiger partial charge in [0, 0.05) is 48.0 Å². The number of hydrogen-bond acceptors (Lipinski definition) is 4. The predicted molar refractivity (Wildman–Crippen MR) is 94.5 cm³/mol. The Balaban J connectivity index is 1.53. The van der Waals surface area contributed by atoms with Crippen LogP contribution in [0.5, 0.6) is 0 Å². The molecule has 0 spiro atoms. The van der Waals surface area contributed by atoms with Gasteiger partial charge in [-0.15, -0.1) is 0 Å². The van der Waals surface area contributed by atoms with Crippen LogP contribution in [0.3, 0.4) is 0 Å². The molecule has 25 heavy (non-hydrogen) atoms. The molecule has 1 aliphatic heterocycles. The second-order valence-electron chi connectivity index (χ2n) is 6.28. The van der Waals surface area contributed by atoms with Gasteiger partial charge in [-0.3, -0.25) is 9.59 Å². The lowest BCUT2D eigenvalue weighted by Crippen LogP contribution is -2.40. The Bertz CT molecular complexity index is 960. The van der Waals surface area contributed by atoms with E-state index >= 15 is 0 Å². The van der Waals surface area contributed by atoms with Gasteiger partial charge in [0.2, 0.25) is 5.43 Å². The molecule has 0 bridgehead atoms. The number of rotatable bonds is 2. The van der Waals surface area contributed by atoms with Crippen LogP contribution in [0.1, 0.15) is 34.8 Å². The van der Waals surface area contributed by atoms with E-state index in [1.807, 2.05) is 18.2 Å². The number of nitrogens with zero attached hydrogens (tertiary/aromatic N) is 3. The average Bonchev–Trinajstić information content (AvgIpc) is 2.69. The molecule has 6 heteroatoms. The summed E-state index contributed by atoms with van der Waals surface area (Å²) in [5.41, 5.74) is 1.76. The SMILES string of the molecule is O=C(c1c[nH]c2ccccc2c1=O)N1CCC(c2ccncn2)CC1. The van der Waals surface area contributed by atoms with Crippen LogP contribution < -0.4 is 5.43 Å². The summed E-state index contributed by atoms with van der Waals surface area (Å²) in [7, 11) is 0. The second-order valence-corrected chi connectivity index (χ2v) is 6.28. The fraction of sp³-hybridized carbons (Fsp3) is 0.263. The smallest absolute Gasteiger partial charge is 0.259 e. The van der Waals surface area contributed by atoms with Crippen molar-refractivity contribution in [1.29, 1.82) is 0 Å². The van der Waals surface area contributed by atoms with Crippen molar-refractivity contribution in [2.75, 3.05) is 13.1 Å². The summed E-state index contributed by atoms with van der Waals surface area (Å²) < 4.78 is 0. The average molecular weight is 334 g/mol. The van der Waals surface area contributed by atoms with Gasteiger partial charge in [0.15, 0.2) is 0 Å². The molecular weight excluding hydrogens is 316 g/mol. The van der Waals surface area contributed by atoms with Gasteiger partial charge in [-0.1, -0.05) is 12.1 Å². The molecule has 1 aliphatic rings. The summed E-state index contributed by atoms with van der Waals surface area (Å²) in [4.78, 5) is 38.5. The van der Waals surface area contributed by atoms with Gasteiger partial charge in [0.05, 0.1) is 0 Å². The quantitative estimate of drug-likeness (QED) is 0.780. The van der Waals surface area contributed by atoms with Gasteiger partial charge < -0.3 is 9.88 Å². The highest BCUT2D eigenvalue weighted by atomic mass is 16.2. The van der Waals surface area contributed by atoms with Crippen LogP contribution in [0.25, 0.3) is 10.9 Å². The minimum atomic E-state index is -0.211. The first kappa shape index (κ1) is 15.5. The van der Waals surface area contributed by atoms with E-state index in [9.17, 15) is 9.59 Å². The summed E-state index contributed by atoms with van der Waals surface area (Å²) in [6, 6.07) is 9.16. The molecule has 1 aromatic carbocycles. The van der Waals surface area contributed by atoms with E-state index in [-0.39, 0.29) is 16.9 Å². The van der Waals surface area contributed by atoms with Crippen molar-refractivity contribution < 1.29 is 4.79 Å². The molecular formula is C19H18N4O2. The number of H-pyrrole nitrogens is 1. The molecule has 3 heterocycles. The number of aromatic nitrogens is 3. The summed E-state index contributed by atoms with van der Waals surface area (Å²) in [6.07, 6.45) is 6.52. The first-order valence-electron chi connectivity index (χ1n) is 8.39. The number of carbonyl (C=O) groups excluding carboxylic acids is 1. The molecule has 2 aromatic heterocycles. The number of aromatic amines is 1. The minimum absolute atomic E-state index is 0.201. The molecule has 0 saturated carbocycles. The Morgan fingerprint density at radius 1 is 1.16 bits per heavy atom. The van der Waals surface area contributed by atoms with Crippen molar-refractivity contribution in [2.24, 2.45) is 0 Å². The number of amides is 1. The number of likely N-dealkylation sites (tertiary alicyclic amines) is 1. The Labute approximate surface area is 144 Å². The Morgan fingerprint density at radius 2 is 1.96 bits per heavy atom. The third kappa shape index (κ3) is 2.91. The number of carbonyl (C=O) groups is 1. The lowest BCUT2D eigenvalue weighted by molar-refractivity contribution is 0.0710. The largest absolute Gasteiger partial charge is 0.360 e. The molecule has 3 aromatic rings. The van der Waals surface area contributed by atoms with Crippen LogP contribution in [-0.4, -0.2) is 38.8 Å². The third-order valence-corrected chi connectivity index (χ3v) is 4.82. The second kappa shape index (κ2) is 6.47. The standard InChI is InChI=1S/C19H18N4O2/c24-18-14-3-1-2-4-17(14)21-11-15(18)19(25)23-9-6-13(7-10-23)16-5-8-20-12-22-16/h1-5,8,11-13H,6-7,9-10H2,(H,21,24). The molecule has 1 fully saturated rings. The lowest BCUT2D eigenvalue weighted by atomic mass is 9.93. The van der Waals surface area contributed by atoms with E-state index in [0.717, 1.165) is 24.1 Å². The van der Waals surface area contributed by atoms with Crippen molar-refractivity contribution in [3.8, 4) is 0 Å². The molecule has 1 N–H and O–H groups in total. The van der Waals surface area contributed by atoms with Crippen molar-refractivity contribution >= 4 is 16.8 Å². The van der Waals surface area contributed by atoms with Crippen molar-refractivity contribution in [2.45, 2.75) is 18.8 Å². The minimum Gasteiger partial charge on any atom is -0.360 e. The molecule has 0 unspecified atom stereocenters. The van der Waals surface area contributed by atoms with Gasteiger partial charge in [-0.25, -0.2) is 9.97 Å². The first-order valence-corrected chi connectivity index (χ1v) is 8.39. The topological polar surface area (TPSA) is 79.0 Å². The monoisotopic (exact) mass is 334 g/mol. The molecule has 1 amide bonds. The van der Waals surface area contributed by atoms with Gasteiger partial charge in [-0.05, 0) is 31.0 Å². The van der Waals surface area contributed by atoms with Gasteiger partial charge in [0.25, 0.3) is 5.91 Å². The molecule has 0 atom stereocenters. The fourth-order valence-electron chi connectivity index (χ4n) is 3.42. The summed E-state index contributed by atoms with van der Waals surface area (Å²) in [5.74, 6) is 0.134. The number of pyridine rings is 1. The number of benzene rings is 1. The van der Waals surface area contributed by atoms with Crippen molar-refractivity contribution in [3.63, 3.8) is 0 Å². The number of hydrogen-bond donors (Lipinski definition) is 1. The Hall–Kier alpha value is -3.02. The molecule has 1 saturated heterocycles. The third-order valence-electron chi connectivity index (χ3n) is 4.82. The van der Waals surface area contributed by atoms with Crippen LogP contribution in [0.15, 0.2) is 53.8 Å². The fourth-order valence-corrected chi connectivity index (χ4v) is 3.42. The lowest BCUT2D eigenvalue weighted by Gasteiger charge is -2.31. The zero-order valence-electron chi connectivity index (χ0n) is 13.7. The highest BCUT2D eigenvalue weighted by molar-refractivity contribution is 5.97. The molecule has 0 aliphatic carbocycles. The Morgan fingerprint density at radius 3 is 2.72 bits per heavy atom. The van der Waals surface area contributed by atoms with Crippen LogP contribution in [0, 0.1) is 0 Å². The normalized spacial score (nSPS) is 15.4. The van der Waals surface area contributed by atoms with Crippen LogP contribution in [-0.2, 0) is 0 Å². The maximum Gasteiger partial charge on any atom is 0.259 e. The molecule has 4 rings (SSSR count). The van der Waals surface area contributed by atoms with E-state index in [1.54, 1.807) is 29.6 Å². The van der Waals surface area contributed by atoms with Crippen molar-refractivity contribution in [1.82, 2.24) is 19.9 Å². The van der Waals surface area contributed by atoms with E-state index in [0.29, 0.717) is 24.4 Å².